The zero-order valence-corrected chi connectivity index (χ0v) is 14.6. The molecule has 0 atom stereocenters. The number of alkyl halides is 3. The normalized spacial score (nSPS) is 12.1. The molecule has 9 heteroatoms. The number of thioether (sulfide) groups is 1. The van der Waals surface area contributed by atoms with Crippen molar-refractivity contribution in [1.82, 2.24) is 19.1 Å². The Morgan fingerprint density at radius 3 is 2.56 bits per heavy atom. The van der Waals surface area contributed by atoms with Crippen LogP contribution >= 0.6 is 11.8 Å². The first kappa shape index (κ1) is 17.5. The maximum Gasteiger partial charge on any atom is 0.417 e. The molecular formula is C16H15F3N4OS. The summed E-state index contributed by atoms with van der Waals surface area (Å²) in [6.07, 6.45) is -3.64. The molecule has 25 heavy (non-hydrogen) atoms. The van der Waals surface area contributed by atoms with E-state index in [-0.39, 0.29) is 5.56 Å². The van der Waals surface area contributed by atoms with Crippen LogP contribution in [0.4, 0.5) is 13.2 Å². The summed E-state index contributed by atoms with van der Waals surface area (Å²) in [4.78, 5) is 20.7. The van der Waals surface area contributed by atoms with Crippen LogP contribution in [0.5, 0.6) is 0 Å². The summed E-state index contributed by atoms with van der Waals surface area (Å²) in [5.41, 5.74) is 0.542. The lowest BCUT2D eigenvalue weighted by Crippen LogP contribution is -2.16. The molecule has 5 nitrogen and oxygen atoms in total. The maximum atomic E-state index is 13.0. The van der Waals surface area contributed by atoms with Crippen LogP contribution < -0.4 is 5.56 Å². The van der Waals surface area contributed by atoms with Gasteiger partial charge in [0.05, 0.1) is 5.56 Å². The van der Waals surface area contributed by atoms with Gasteiger partial charge in [-0.1, -0.05) is 6.92 Å². The third-order valence-corrected chi connectivity index (χ3v) is 4.73. The molecule has 0 saturated carbocycles. The van der Waals surface area contributed by atoms with Crippen LogP contribution in [0.2, 0.25) is 0 Å². The Bertz CT molecular complexity index is 1010. The third kappa shape index (κ3) is 3.04. The van der Waals surface area contributed by atoms with E-state index in [1.165, 1.54) is 22.4 Å². The molecule has 0 aliphatic carbocycles. The average Bonchev–Trinajstić information content (AvgIpc) is 2.88. The van der Waals surface area contributed by atoms with Crippen LogP contribution in [0, 0.1) is 0 Å². The van der Waals surface area contributed by atoms with E-state index in [4.69, 9.17) is 0 Å². The van der Waals surface area contributed by atoms with E-state index >= 15 is 0 Å². The van der Waals surface area contributed by atoms with Gasteiger partial charge in [0.2, 0.25) is 0 Å². The predicted octanol–water partition coefficient (Wildman–Crippen LogP) is 3.46. The van der Waals surface area contributed by atoms with Gasteiger partial charge in [-0.15, -0.1) is 11.8 Å². The highest BCUT2D eigenvalue weighted by atomic mass is 32.2. The first-order chi connectivity index (χ1) is 11.7. The smallest absolute Gasteiger partial charge is 0.312 e. The molecule has 0 radical (unpaired) electrons. The molecule has 132 valence electrons. The van der Waals surface area contributed by atoms with Gasteiger partial charge in [0, 0.05) is 31.3 Å². The lowest BCUT2D eigenvalue weighted by molar-refractivity contribution is -0.138. The highest BCUT2D eigenvalue weighted by molar-refractivity contribution is 7.99. The van der Waals surface area contributed by atoms with Gasteiger partial charge in [0.25, 0.3) is 5.56 Å². The van der Waals surface area contributed by atoms with Gasteiger partial charge in [-0.2, -0.15) is 13.2 Å². The molecule has 3 heterocycles. The molecule has 3 aromatic rings. The summed E-state index contributed by atoms with van der Waals surface area (Å²) in [7, 11) is 3.34. The number of pyridine rings is 2. The molecular weight excluding hydrogens is 353 g/mol. The predicted molar refractivity (Wildman–Crippen MR) is 90.6 cm³/mol. The van der Waals surface area contributed by atoms with Crippen molar-refractivity contribution >= 4 is 22.9 Å². The summed E-state index contributed by atoms with van der Waals surface area (Å²) < 4.78 is 42.1. The number of rotatable bonds is 3. The lowest BCUT2D eigenvalue weighted by Gasteiger charge is -2.12. The minimum absolute atomic E-state index is 0.189. The maximum absolute atomic E-state index is 13.0. The van der Waals surface area contributed by atoms with Crippen molar-refractivity contribution in [3.63, 3.8) is 0 Å². The molecule has 0 unspecified atom stereocenters. The fourth-order valence-electron chi connectivity index (χ4n) is 2.63. The second-order valence-corrected chi connectivity index (χ2v) is 6.74. The van der Waals surface area contributed by atoms with E-state index in [9.17, 15) is 18.0 Å². The number of hydrogen-bond acceptors (Lipinski definition) is 4. The third-order valence-electron chi connectivity index (χ3n) is 3.81. The molecule has 0 aliphatic rings. The van der Waals surface area contributed by atoms with Crippen LogP contribution in [-0.2, 0) is 20.3 Å². The van der Waals surface area contributed by atoms with E-state index in [0.717, 1.165) is 12.3 Å². The van der Waals surface area contributed by atoms with Crippen molar-refractivity contribution in [3.8, 4) is 11.5 Å². The minimum atomic E-state index is -4.45. The Morgan fingerprint density at radius 1 is 1.20 bits per heavy atom. The van der Waals surface area contributed by atoms with Crippen molar-refractivity contribution in [1.29, 1.82) is 0 Å². The molecule has 3 rings (SSSR count). The van der Waals surface area contributed by atoms with E-state index in [1.807, 2.05) is 6.92 Å². The lowest BCUT2D eigenvalue weighted by atomic mass is 10.2. The Balaban J connectivity index is 2.26. The number of hydrogen-bond donors (Lipinski definition) is 0. The molecule has 0 N–H and O–H groups in total. The van der Waals surface area contributed by atoms with Gasteiger partial charge in [-0.25, -0.2) is 4.98 Å². The average molecular weight is 368 g/mol. The highest BCUT2D eigenvalue weighted by Crippen LogP contribution is 2.36. The first-order valence-electron chi connectivity index (χ1n) is 7.47. The molecule has 0 aliphatic heterocycles. The van der Waals surface area contributed by atoms with E-state index in [0.29, 0.717) is 33.3 Å². The van der Waals surface area contributed by atoms with Crippen molar-refractivity contribution in [2.24, 2.45) is 14.1 Å². The fourth-order valence-corrected chi connectivity index (χ4v) is 3.43. The number of halogens is 3. The standard InChI is InChI=1S/C16H15F3N4OS/c1-4-25-11-7-9(16(17,18)19)8-20-13(11)14-21-10-5-6-12(24)22(2)15(10)23(14)3/h5-8H,4H2,1-3H3. The summed E-state index contributed by atoms with van der Waals surface area (Å²) in [6, 6.07) is 4.09. The van der Waals surface area contributed by atoms with Gasteiger partial charge in [0.1, 0.15) is 16.9 Å². The summed E-state index contributed by atoms with van der Waals surface area (Å²) in [6.45, 7) is 1.85. The SMILES string of the molecule is CCSc1cc(C(F)(F)F)cnc1-c1nc2ccc(=O)n(C)c2n1C. The molecule has 0 aromatic carbocycles. The second kappa shape index (κ2) is 6.21. The van der Waals surface area contributed by atoms with Gasteiger partial charge in [-0.05, 0) is 17.9 Å². The summed E-state index contributed by atoms with van der Waals surface area (Å²) in [5.74, 6) is 1.01. The van der Waals surface area contributed by atoms with E-state index < -0.39 is 11.7 Å². The Kier molecular flexibility index (Phi) is 4.36. The number of aryl methyl sites for hydroxylation is 2. The van der Waals surface area contributed by atoms with Gasteiger partial charge < -0.3 is 4.57 Å². The van der Waals surface area contributed by atoms with Crippen molar-refractivity contribution in [3.05, 3.63) is 40.3 Å². The first-order valence-corrected chi connectivity index (χ1v) is 8.45. The Hall–Kier alpha value is -2.29. The number of aromatic nitrogens is 4. The van der Waals surface area contributed by atoms with Crippen LogP contribution in [0.1, 0.15) is 12.5 Å². The van der Waals surface area contributed by atoms with Gasteiger partial charge >= 0.3 is 6.18 Å². The molecule has 0 amide bonds. The topological polar surface area (TPSA) is 52.7 Å². The van der Waals surface area contributed by atoms with Crippen LogP contribution in [0.25, 0.3) is 22.7 Å². The van der Waals surface area contributed by atoms with Gasteiger partial charge in [-0.3, -0.25) is 14.3 Å². The summed E-state index contributed by atoms with van der Waals surface area (Å²) in [5, 5.41) is 0. The molecule has 0 saturated heterocycles. The molecule has 0 bridgehead atoms. The van der Waals surface area contributed by atoms with E-state index in [2.05, 4.69) is 9.97 Å². The number of imidazole rings is 1. The van der Waals surface area contributed by atoms with Gasteiger partial charge in [0.15, 0.2) is 5.82 Å². The monoisotopic (exact) mass is 368 g/mol. The molecule has 3 aromatic heterocycles. The van der Waals surface area contributed by atoms with Crippen LogP contribution in [0.15, 0.2) is 34.1 Å². The van der Waals surface area contributed by atoms with Crippen molar-refractivity contribution in [2.45, 2.75) is 18.0 Å². The molecule has 0 spiro atoms. The molecule has 0 fully saturated rings. The fraction of sp³-hybridized carbons (Fsp3) is 0.312. The number of fused-ring (bicyclic) bond motifs is 1. The van der Waals surface area contributed by atoms with E-state index in [1.54, 1.807) is 24.7 Å². The highest BCUT2D eigenvalue weighted by Gasteiger charge is 2.32. The Morgan fingerprint density at radius 2 is 1.92 bits per heavy atom. The van der Waals surface area contributed by atoms with Crippen molar-refractivity contribution < 1.29 is 13.2 Å². The quantitative estimate of drug-likeness (QED) is 0.665. The number of nitrogens with zero attached hydrogens (tertiary/aromatic N) is 4. The Labute approximate surface area is 145 Å². The summed E-state index contributed by atoms with van der Waals surface area (Å²) >= 11 is 1.27. The van der Waals surface area contributed by atoms with Crippen LogP contribution in [0.3, 0.4) is 0 Å². The van der Waals surface area contributed by atoms with Crippen molar-refractivity contribution in [2.75, 3.05) is 5.75 Å². The second-order valence-electron chi connectivity index (χ2n) is 5.44. The van der Waals surface area contributed by atoms with Crippen LogP contribution in [-0.4, -0.2) is 24.9 Å². The largest absolute Gasteiger partial charge is 0.417 e. The zero-order chi connectivity index (χ0) is 18.4. The minimum Gasteiger partial charge on any atom is -0.312 e. The zero-order valence-electron chi connectivity index (χ0n) is 13.8.